The predicted octanol–water partition coefficient (Wildman–Crippen LogP) is 1.88. The number of nitrogens with two attached hydrogens (primary N) is 1. The summed E-state index contributed by atoms with van der Waals surface area (Å²) in [6.07, 6.45) is 0.0564. The minimum Gasteiger partial charge on any atom is -0.493 e. The lowest BCUT2D eigenvalue weighted by Gasteiger charge is -2.21. The second-order valence-electron chi connectivity index (χ2n) is 5.55. The van der Waals surface area contributed by atoms with Gasteiger partial charge >= 0.3 is 0 Å². The molecule has 0 spiro atoms. The normalized spacial score (nSPS) is 13.7. The Morgan fingerprint density at radius 2 is 1.95 bits per heavy atom. The second-order valence-corrected chi connectivity index (χ2v) is 5.55. The van der Waals surface area contributed by atoms with Crippen LogP contribution in [0.3, 0.4) is 0 Å². The zero-order chi connectivity index (χ0) is 16.0. The number of hydrogen-bond acceptors (Lipinski definition) is 4. The third kappa shape index (κ3) is 5.27. The monoisotopic (exact) mass is 294 g/mol. The van der Waals surface area contributed by atoms with Crippen molar-refractivity contribution in [3.63, 3.8) is 0 Å². The highest BCUT2D eigenvalue weighted by Gasteiger charge is 2.20. The number of para-hydroxylation sites is 1. The molecular formula is C16H26N2O3. The van der Waals surface area contributed by atoms with E-state index in [4.69, 9.17) is 15.2 Å². The highest BCUT2D eigenvalue weighted by Crippen LogP contribution is 2.32. The molecule has 0 aliphatic heterocycles. The number of nitrogens with one attached hydrogen (secondary N) is 1. The van der Waals surface area contributed by atoms with E-state index in [1.54, 1.807) is 14.0 Å². The zero-order valence-electron chi connectivity index (χ0n) is 13.5. The maximum Gasteiger partial charge on any atom is 0.260 e. The fraction of sp³-hybridized carbons (Fsp3) is 0.562. The van der Waals surface area contributed by atoms with Crippen LogP contribution in [-0.2, 0) is 11.2 Å². The van der Waals surface area contributed by atoms with Gasteiger partial charge in [-0.1, -0.05) is 12.1 Å². The Bertz CT molecular complexity index is 473. The first-order valence-electron chi connectivity index (χ1n) is 7.23. The Kier molecular flexibility index (Phi) is 6.49. The van der Waals surface area contributed by atoms with Gasteiger partial charge in [-0.2, -0.15) is 0 Å². The molecule has 3 N–H and O–H groups in total. The molecule has 118 valence electrons. The Hall–Kier alpha value is -1.75. The molecule has 1 aromatic carbocycles. The van der Waals surface area contributed by atoms with Crippen LogP contribution in [0, 0.1) is 0 Å². The van der Waals surface area contributed by atoms with Crippen LogP contribution in [0.1, 0.15) is 33.3 Å². The number of rotatable bonds is 7. The number of carbonyl (C=O) groups is 1. The van der Waals surface area contributed by atoms with E-state index in [-0.39, 0.29) is 18.0 Å². The standard InChI is InChI=1S/C16H26N2O3/c1-10(2)18-16(19)12(4)21-15-13(9-11(3)17)7-6-8-14(15)20-5/h6-8,10-12H,9,17H2,1-5H3,(H,18,19). The molecule has 0 bridgehead atoms. The van der Waals surface area contributed by atoms with E-state index in [0.717, 1.165) is 5.56 Å². The molecule has 0 aromatic heterocycles. The Morgan fingerprint density at radius 1 is 1.29 bits per heavy atom. The van der Waals surface area contributed by atoms with Crippen LogP contribution in [0.2, 0.25) is 0 Å². The summed E-state index contributed by atoms with van der Waals surface area (Å²) in [6.45, 7) is 7.47. The first-order chi connectivity index (χ1) is 9.85. The number of amides is 1. The van der Waals surface area contributed by atoms with Crippen molar-refractivity contribution < 1.29 is 14.3 Å². The van der Waals surface area contributed by atoms with Gasteiger partial charge in [-0.25, -0.2) is 0 Å². The summed E-state index contributed by atoms with van der Waals surface area (Å²) in [7, 11) is 1.58. The molecule has 0 radical (unpaired) electrons. The summed E-state index contributed by atoms with van der Waals surface area (Å²) in [6, 6.07) is 5.72. The van der Waals surface area contributed by atoms with E-state index in [9.17, 15) is 4.79 Å². The van der Waals surface area contributed by atoms with Crippen LogP contribution in [0.15, 0.2) is 18.2 Å². The summed E-state index contributed by atoms with van der Waals surface area (Å²) < 4.78 is 11.2. The van der Waals surface area contributed by atoms with Crippen LogP contribution in [0.25, 0.3) is 0 Å². The molecule has 0 fully saturated rings. The molecular weight excluding hydrogens is 268 g/mol. The lowest BCUT2D eigenvalue weighted by Crippen LogP contribution is -2.40. The van der Waals surface area contributed by atoms with E-state index in [1.165, 1.54) is 0 Å². The van der Waals surface area contributed by atoms with Crippen molar-refractivity contribution in [1.82, 2.24) is 5.32 Å². The molecule has 0 aliphatic rings. The number of methoxy groups -OCH3 is 1. The Morgan fingerprint density at radius 3 is 2.48 bits per heavy atom. The fourth-order valence-corrected chi connectivity index (χ4v) is 2.00. The van der Waals surface area contributed by atoms with Crippen molar-refractivity contribution >= 4 is 5.91 Å². The molecule has 0 saturated carbocycles. The van der Waals surface area contributed by atoms with Crippen LogP contribution >= 0.6 is 0 Å². The first kappa shape index (κ1) is 17.3. The van der Waals surface area contributed by atoms with Gasteiger partial charge in [0.1, 0.15) is 0 Å². The van der Waals surface area contributed by atoms with Crippen molar-refractivity contribution in [2.45, 2.75) is 52.3 Å². The van der Waals surface area contributed by atoms with E-state index in [0.29, 0.717) is 17.9 Å². The average Bonchev–Trinajstić information content (AvgIpc) is 2.39. The van der Waals surface area contributed by atoms with Crippen LogP contribution in [0.5, 0.6) is 11.5 Å². The second kappa shape index (κ2) is 7.88. The van der Waals surface area contributed by atoms with Crippen molar-refractivity contribution in [2.24, 2.45) is 5.73 Å². The lowest BCUT2D eigenvalue weighted by atomic mass is 10.1. The maximum atomic E-state index is 12.0. The fourth-order valence-electron chi connectivity index (χ4n) is 2.00. The molecule has 1 rings (SSSR count). The maximum absolute atomic E-state index is 12.0. The molecule has 2 unspecified atom stereocenters. The summed E-state index contributed by atoms with van der Waals surface area (Å²) in [5, 5.41) is 2.83. The highest BCUT2D eigenvalue weighted by atomic mass is 16.5. The lowest BCUT2D eigenvalue weighted by molar-refractivity contribution is -0.127. The SMILES string of the molecule is COc1cccc(CC(C)N)c1OC(C)C(=O)NC(C)C. The number of benzene rings is 1. The van der Waals surface area contributed by atoms with E-state index in [2.05, 4.69) is 5.32 Å². The topological polar surface area (TPSA) is 73.6 Å². The summed E-state index contributed by atoms with van der Waals surface area (Å²) in [4.78, 5) is 12.0. The third-order valence-corrected chi connectivity index (χ3v) is 2.92. The van der Waals surface area contributed by atoms with Crippen LogP contribution in [0.4, 0.5) is 0 Å². The van der Waals surface area contributed by atoms with Crippen molar-refractivity contribution in [2.75, 3.05) is 7.11 Å². The van der Waals surface area contributed by atoms with Gasteiger partial charge in [0.05, 0.1) is 7.11 Å². The van der Waals surface area contributed by atoms with E-state index < -0.39 is 6.10 Å². The van der Waals surface area contributed by atoms with Crippen molar-refractivity contribution in [3.05, 3.63) is 23.8 Å². The molecule has 0 heterocycles. The van der Waals surface area contributed by atoms with E-state index >= 15 is 0 Å². The van der Waals surface area contributed by atoms with Gasteiger partial charge in [-0.05, 0) is 45.7 Å². The van der Waals surface area contributed by atoms with Crippen molar-refractivity contribution in [1.29, 1.82) is 0 Å². The molecule has 5 heteroatoms. The predicted molar refractivity (Wildman–Crippen MR) is 83.7 cm³/mol. The van der Waals surface area contributed by atoms with Crippen molar-refractivity contribution in [3.8, 4) is 11.5 Å². The minimum atomic E-state index is -0.601. The largest absolute Gasteiger partial charge is 0.493 e. The molecule has 2 atom stereocenters. The molecule has 1 aromatic rings. The van der Waals surface area contributed by atoms with Gasteiger partial charge in [-0.3, -0.25) is 4.79 Å². The zero-order valence-corrected chi connectivity index (χ0v) is 13.5. The van der Waals surface area contributed by atoms with Gasteiger partial charge in [0.15, 0.2) is 17.6 Å². The highest BCUT2D eigenvalue weighted by molar-refractivity contribution is 5.81. The van der Waals surface area contributed by atoms with Crippen LogP contribution < -0.4 is 20.5 Å². The summed E-state index contributed by atoms with van der Waals surface area (Å²) >= 11 is 0. The third-order valence-electron chi connectivity index (χ3n) is 2.92. The number of ether oxygens (including phenoxy) is 2. The van der Waals surface area contributed by atoms with Gasteiger partial charge in [0.25, 0.3) is 5.91 Å². The smallest absolute Gasteiger partial charge is 0.260 e. The summed E-state index contributed by atoms with van der Waals surface area (Å²) in [5.74, 6) is 1.05. The van der Waals surface area contributed by atoms with Crippen LogP contribution in [-0.4, -0.2) is 31.2 Å². The Labute approximate surface area is 126 Å². The minimum absolute atomic E-state index is 0.000692. The molecule has 0 aliphatic carbocycles. The Balaban J connectivity index is 2.96. The summed E-state index contributed by atoms with van der Waals surface area (Å²) in [5.41, 5.74) is 6.80. The molecule has 1 amide bonds. The first-order valence-corrected chi connectivity index (χ1v) is 7.23. The van der Waals surface area contributed by atoms with Gasteiger partial charge in [0.2, 0.25) is 0 Å². The molecule has 0 saturated heterocycles. The van der Waals surface area contributed by atoms with Gasteiger partial charge in [0, 0.05) is 12.1 Å². The van der Waals surface area contributed by atoms with Gasteiger partial charge in [-0.15, -0.1) is 0 Å². The molecule has 21 heavy (non-hydrogen) atoms. The molecule has 5 nitrogen and oxygen atoms in total. The van der Waals surface area contributed by atoms with Gasteiger partial charge < -0.3 is 20.5 Å². The number of hydrogen-bond donors (Lipinski definition) is 2. The average molecular weight is 294 g/mol. The van der Waals surface area contributed by atoms with E-state index in [1.807, 2.05) is 39.0 Å². The number of carbonyl (C=O) groups excluding carboxylic acids is 1. The quantitative estimate of drug-likeness (QED) is 0.805.